The lowest BCUT2D eigenvalue weighted by Crippen LogP contribution is -2.19. The number of rotatable bonds is 10. The van der Waals surface area contributed by atoms with E-state index in [9.17, 15) is 13.2 Å². The number of ether oxygens (including phenoxy) is 2. The molecule has 0 radical (unpaired) electrons. The van der Waals surface area contributed by atoms with Crippen LogP contribution in [0.2, 0.25) is 0 Å². The van der Waals surface area contributed by atoms with E-state index in [1.54, 1.807) is 0 Å². The fraction of sp³-hybridized carbons (Fsp3) is 0.368. The van der Waals surface area contributed by atoms with Crippen molar-refractivity contribution in [2.24, 2.45) is 0 Å². The molecule has 2 aromatic rings. The fourth-order valence-electron chi connectivity index (χ4n) is 2.17. The Bertz CT molecular complexity index is 663. The summed E-state index contributed by atoms with van der Waals surface area (Å²) < 4.78 is 52.0. The molecule has 0 saturated carbocycles. The molecule has 0 aliphatic carbocycles. The number of hydrogen-bond donors (Lipinski definition) is 1. The molecule has 0 aromatic heterocycles. The van der Waals surface area contributed by atoms with Crippen molar-refractivity contribution in [3.05, 3.63) is 59.7 Å². The molecule has 2 aromatic carbocycles. The molecular formula is C19H20ClF3O3. The highest BCUT2D eigenvalue weighted by atomic mass is 35.5. The lowest BCUT2D eigenvalue weighted by atomic mass is 10.0. The Labute approximate surface area is 155 Å². The molecule has 0 bridgehead atoms. The van der Waals surface area contributed by atoms with Gasteiger partial charge in [-0.3, -0.25) is 0 Å². The van der Waals surface area contributed by atoms with E-state index in [2.05, 4.69) is 0 Å². The van der Waals surface area contributed by atoms with Gasteiger partial charge in [0.1, 0.15) is 30.9 Å². The molecule has 1 atom stereocenters. The summed E-state index contributed by atoms with van der Waals surface area (Å²) in [6.45, 7) is -0.739. The first-order valence-electron chi connectivity index (χ1n) is 8.12. The number of alkyl halides is 4. The van der Waals surface area contributed by atoms with Crippen LogP contribution in [0, 0.1) is 0 Å². The Hall–Kier alpha value is -1.92. The van der Waals surface area contributed by atoms with Gasteiger partial charge in [-0.05, 0) is 55.0 Å². The van der Waals surface area contributed by atoms with Crippen LogP contribution in [0.4, 0.5) is 13.2 Å². The molecule has 3 nitrogen and oxygen atoms in total. The van der Waals surface area contributed by atoms with Gasteiger partial charge in [0, 0.05) is 17.0 Å². The number of aliphatic hydroxyl groups is 1. The van der Waals surface area contributed by atoms with Crippen LogP contribution in [-0.2, 0) is 5.92 Å². The summed E-state index contributed by atoms with van der Waals surface area (Å²) in [5, 5.41) is 9.11. The number of halogens is 4. The van der Waals surface area contributed by atoms with Gasteiger partial charge in [-0.2, -0.15) is 8.78 Å². The van der Waals surface area contributed by atoms with Gasteiger partial charge < -0.3 is 14.6 Å². The predicted molar refractivity (Wildman–Crippen MR) is 94.2 cm³/mol. The minimum atomic E-state index is -3.19. The van der Waals surface area contributed by atoms with Crippen molar-refractivity contribution in [2.75, 3.05) is 25.8 Å². The second-order valence-corrected chi connectivity index (χ2v) is 6.01. The zero-order valence-electron chi connectivity index (χ0n) is 14.0. The summed E-state index contributed by atoms with van der Waals surface area (Å²) in [6.07, 6.45) is -0.558. The van der Waals surface area contributed by atoms with Gasteiger partial charge in [-0.25, -0.2) is 4.39 Å². The van der Waals surface area contributed by atoms with Gasteiger partial charge in [0.05, 0.1) is 6.61 Å². The van der Waals surface area contributed by atoms with E-state index in [1.165, 1.54) is 48.5 Å². The number of hydrogen-bond acceptors (Lipinski definition) is 3. The summed E-state index contributed by atoms with van der Waals surface area (Å²) in [4.78, 5) is 0. The highest BCUT2D eigenvalue weighted by Crippen LogP contribution is 2.37. The van der Waals surface area contributed by atoms with Gasteiger partial charge in [0.2, 0.25) is 0 Å². The van der Waals surface area contributed by atoms with Crippen LogP contribution < -0.4 is 9.47 Å². The monoisotopic (exact) mass is 388 g/mol. The number of benzene rings is 2. The summed E-state index contributed by atoms with van der Waals surface area (Å²) in [6, 6.07) is 10.8. The van der Waals surface area contributed by atoms with Crippen molar-refractivity contribution in [2.45, 2.75) is 18.4 Å². The molecule has 0 aliphatic heterocycles. The van der Waals surface area contributed by atoms with E-state index in [4.69, 9.17) is 26.2 Å². The first kappa shape index (κ1) is 20.4. The third-order valence-electron chi connectivity index (χ3n) is 3.60. The Balaban J connectivity index is 2.04. The molecule has 1 N–H and O–H groups in total. The maximum absolute atomic E-state index is 14.6. The normalized spacial score (nSPS) is 12.7. The second-order valence-electron chi connectivity index (χ2n) is 5.63. The average Bonchev–Trinajstić information content (AvgIpc) is 2.67. The van der Waals surface area contributed by atoms with Crippen molar-refractivity contribution >= 4 is 11.6 Å². The molecule has 0 unspecified atom stereocenters. The topological polar surface area (TPSA) is 38.7 Å². The smallest absolute Gasteiger partial charge is 0.298 e. The zero-order valence-corrected chi connectivity index (χ0v) is 14.8. The summed E-state index contributed by atoms with van der Waals surface area (Å²) >= 11 is 5.56. The van der Waals surface area contributed by atoms with Crippen LogP contribution in [0.5, 0.6) is 11.5 Å². The zero-order chi connectivity index (χ0) is 19.0. The third-order valence-corrected chi connectivity index (χ3v) is 3.87. The van der Waals surface area contributed by atoms with E-state index < -0.39 is 18.7 Å². The van der Waals surface area contributed by atoms with Crippen molar-refractivity contribution < 1.29 is 27.8 Å². The first-order chi connectivity index (χ1) is 12.5. The Morgan fingerprint density at radius 1 is 0.923 bits per heavy atom. The summed E-state index contributed by atoms with van der Waals surface area (Å²) in [7, 11) is 0. The van der Waals surface area contributed by atoms with Gasteiger partial charge in [0.25, 0.3) is 5.92 Å². The van der Waals surface area contributed by atoms with Crippen LogP contribution in [0.15, 0.2) is 48.5 Å². The van der Waals surface area contributed by atoms with E-state index in [1.807, 2.05) is 0 Å². The van der Waals surface area contributed by atoms with Crippen LogP contribution in [-0.4, -0.2) is 37.0 Å². The largest absolute Gasteiger partial charge is 0.494 e. The van der Waals surface area contributed by atoms with Crippen molar-refractivity contribution in [1.82, 2.24) is 0 Å². The maximum Gasteiger partial charge on any atom is 0.298 e. The molecule has 0 amide bonds. The standard InChI is InChI=1S/C19H20ClF3O3/c20-10-1-11-25-17-6-2-14(3-7-17)19(22,23)15-4-8-18(9-5-15)26-13-16(24)12-21/h2-9,16,24H,1,10-13H2/t16-/m0/s1. The molecule has 0 saturated heterocycles. The Kier molecular flexibility index (Phi) is 7.60. The predicted octanol–water partition coefficient (Wildman–Crippen LogP) is 4.54. The molecule has 0 aliphatic rings. The van der Waals surface area contributed by atoms with Crippen molar-refractivity contribution in [1.29, 1.82) is 0 Å². The molecule has 0 spiro atoms. The second kappa shape index (κ2) is 9.69. The Morgan fingerprint density at radius 2 is 1.42 bits per heavy atom. The number of aliphatic hydroxyl groups excluding tert-OH is 1. The van der Waals surface area contributed by atoms with Crippen LogP contribution >= 0.6 is 11.6 Å². The molecule has 0 heterocycles. The molecule has 7 heteroatoms. The van der Waals surface area contributed by atoms with E-state index in [0.29, 0.717) is 24.7 Å². The Morgan fingerprint density at radius 3 is 1.88 bits per heavy atom. The molecule has 2 rings (SSSR count). The van der Waals surface area contributed by atoms with E-state index in [-0.39, 0.29) is 23.5 Å². The van der Waals surface area contributed by atoms with Gasteiger partial charge in [-0.1, -0.05) is 0 Å². The van der Waals surface area contributed by atoms with Crippen molar-refractivity contribution in [3.63, 3.8) is 0 Å². The average molecular weight is 389 g/mol. The minimum absolute atomic E-state index is 0.163. The molecular weight excluding hydrogens is 369 g/mol. The van der Waals surface area contributed by atoms with Gasteiger partial charge >= 0.3 is 0 Å². The fourth-order valence-corrected chi connectivity index (χ4v) is 2.28. The van der Waals surface area contributed by atoms with Gasteiger partial charge in [-0.15, -0.1) is 11.6 Å². The van der Waals surface area contributed by atoms with Crippen LogP contribution in [0.1, 0.15) is 17.5 Å². The highest BCUT2D eigenvalue weighted by Gasteiger charge is 2.33. The lowest BCUT2D eigenvalue weighted by molar-refractivity contribution is 0.0426. The van der Waals surface area contributed by atoms with Crippen LogP contribution in [0.3, 0.4) is 0 Å². The van der Waals surface area contributed by atoms with Gasteiger partial charge in [0.15, 0.2) is 0 Å². The summed E-state index contributed by atoms with van der Waals surface area (Å²) in [5.41, 5.74) is -0.365. The SMILES string of the molecule is O[C@@H](CF)COc1ccc(C(F)(F)c2ccc(OCCCCl)cc2)cc1. The molecule has 26 heavy (non-hydrogen) atoms. The third kappa shape index (κ3) is 5.54. The molecule has 0 fully saturated rings. The van der Waals surface area contributed by atoms with E-state index in [0.717, 1.165) is 0 Å². The minimum Gasteiger partial charge on any atom is -0.494 e. The summed E-state index contributed by atoms with van der Waals surface area (Å²) in [5.74, 6) is -1.93. The maximum atomic E-state index is 14.6. The van der Waals surface area contributed by atoms with Crippen LogP contribution in [0.25, 0.3) is 0 Å². The quantitative estimate of drug-likeness (QED) is 0.479. The first-order valence-corrected chi connectivity index (χ1v) is 8.65. The lowest BCUT2D eigenvalue weighted by Gasteiger charge is -2.18. The van der Waals surface area contributed by atoms with Crippen molar-refractivity contribution in [3.8, 4) is 11.5 Å². The highest BCUT2D eigenvalue weighted by molar-refractivity contribution is 6.17. The molecule has 142 valence electrons. The van der Waals surface area contributed by atoms with E-state index >= 15 is 0 Å².